The van der Waals surface area contributed by atoms with Gasteiger partial charge in [0.2, 0.25) is 0 Å². The number of nitrogens with zero attached hydrogens (tertiary/aromatic N) is 2. The zero-order valence-corrected chi connectivity index (χ0v) is 11.7. The second kappa shape index (κ2) is 7.06. The number of pyridine rings is 1. The van der Waals surface area contributed by atoms with Gasteiger partial charge in [-0.05, 0) is 31.2 Å². The van der Waals surface area contributed by atoms with Gasteiger partial charge in [-0.1, -0.05) is 18.2 Å². The minimum absolute atomic E-state index is 0.0462. The Morgan fingerprint density at radius 2 is 2.05 bits per heavy atom. The maximum atomic E-state index is 12.0. The lowest BCUT2D eigenvalue weighted by Crippen LogP contribution is -2.37. The van der Waals surface area contributed by atoms with Gasteiger partial charge in [0.15, 0.2) is 0 Å². The molecule has 5 heteroatoms. The molecule has 1 unspecified atom stereocenters. The van der Waals surface area contributed by atoms with Crippen LogP contribution in [-0.2, 0) is 0 Å². The number of anilines is 1. The molecule has 2 rings (SSSR count). The molecule has 106 valence electrons. The van der Waals surface area contributed by atoms with Crippen molar-refractivity contribution in [3.8, 4) is 6.07 Å². The first kappa shape index (κ1) is 14.5. The second-order valence-electron chi connectivity index (χ2n) is 4.67. The highest BCUT2D eigenvalue weighted by Gasteiger charge is 2.10. The van der Waals surface area contributed by atoms with Crippen molar-refractivity contribution < 1.29 is 4.79 Å². The third kappa shape index (κ3) is 4.32. The molecule has 1 atom stereocenters. The van der Waals surface area contributed by atoms with Crippen LogP contribution in [-0.4, -0.2) is 23.5 Å². The Morgan fingerprint density at radius 3 is 2.67 bits per heavy atom. The van der Waals surface area contributed by atoms with Crippen molar-refractivity contribution >= 4 is 11.6 Å². The summed E-state index contributed by atoms with van der Waals surface area (Å²) < 4.78 is 0. The zero-order chi connectivity index (χ0) is 15.1. The van der Waals surface area contributed by atoms with Crippen molar-refractivity contribution in [2.45, 2.75) is 13.0 Å². The summed E-state index contributed by atoms with van der Waals surface area (Å²) in [5, 5.41) is 14.8. The summed E-state index contributed by atoms with van der Waals surface area (Å²) in [4.78, 5) is 15.9. The van der Waals surface area contributed by atoms with Crippen molar-refractivity contribution in [2.24, 2.45) is 0 Å². The number of hydrogen-bond acceptors (Lipinski definition) is 4. The van der Waals surface area contributed by atoms with E-state index >= 15 is 0 Å². The van der Waals surface area contributed by atoms with E-state index in [-0.39, 0.29) is 11.9 Å². The Hall–Kier alpha value is -2.87. The number of hydrogen-bond donors (Lipinski definition) is 2. The maximum absolute atomic E-state index is 12.0. The first-order valence-electron chi connectivity index (χ1n) is 6.65. The third-order valence-electron chi connectivity index (χ3n) is 2.89. The first-order chi connectivity index (χ1) is 10.2. The minimum atomic E-state index is -0.248. The van der Waals surface area contributed by atoms with Crippen LogP contribution in [0.15, 0.2) is 48.7 Å². The lowest BCUT2D eigenvalue weighted by atomic mass is 10.2. The van der Waals surface area contributed by atoms with E-state index in [4.69, 9.17) is 5.26 Å². The number of nitrogens with one attached hydrogen (secondary N) is 2. The summed E-state index contributed by atoms with van der Waals surface area (Å²) in [5.41, 5.74) is 1.75. The minimum Gasteiger partial charge on any atom is -0.383 e. The van der Waals surface area contributed by atoms with Gasteiger partial charge in [0.05, 0.1) is 5.56 Å². The van der Waals surface area contributed by atoms with Crippen LogP contribution in [0.1, 0.15) is 23.0 Å². The van der Waals surface area contributed by atoms with E-state index in [2.05, 4.69) is 15.6 Å². The van der Waals surface area contributed by atoms with E-state index in [9.17, 15) is 4.79 Å². The molecule has 0 saturated carbocycles. The van der Waals surface area contributed by atoms with E-state index in [0.717, 1.165) is 5.69 Å². The van der Waals surface area contributed by atoms with Crippen LogP contribution in [0.5, 0.6) is 0 Å². The molecule has 0 bridgehead atoms. The van der Waals surface area contributed by atoms with E-state index in [1.54, 1.807) is 12.1 Å². The Balaban J connectivity index is 1.85. The predicted octanol–water partition coefficient (Wildman–Crippen LogP) is 2.18. The highest BCUT2D eigenvalue weighted by Crippen LogP contribution is 2.05. The number of nitriles is 1. The van der Waals surface area contributed by atoms with Crippen LogP contribution >= 0.6 is 0 Å². The van der Waals surface area contributed by atoms with E-state index in [0.29, 0.717) is 17.8 Å². The van der Waals surface area contributed by atoms with Crippen LogP contribution in [0, 0.1) is 11.3 Å². The molecule has 0 aliphatic carbocycles. The molecule has 1 amide bonds. The van der Waals surface area contributed by atoms with Gasteiger partial charge < -0.3 is 10.6 Å². The summed E-state index contributed by atoms with van der Waals surface area (Å²) in [7, 11) is 0. The first-order valence-corrected chi connectivity index (χ1v) is 6.65. The molecule has 0 aliphatic rings. The van der Waals surface area contributed by atoms with Crippen LogP contribution in [0.25, 0.3) is 0 Å². The van der Waals surface area contributed by atoms with Gasteiger partial charge in [0.1, 0.15) is 11.8 Å². The van der Waals surface area contributed by atoms with Crippen LogP contribution in [0.2, 0.25) is 0 Å². The van der Waals surface area contributed by atoms with Crippen LogP contribution < -0.4 is 10.6 Å². The summed E-state index contributed by atoms with van der Waals surface area (Å²) in [6, 6.07) is 14.8. The summed E-state index contributed by atoms with van der Waals surface area (Å²) in [6.45, 7) is 2.53. The fraction of sp³-hybridized carbons (Fsp3) is 0.188. The van der Waals surface area contributed by atoms with Crippen molar-refractivity contribution in [1.82, 2.24) is 10.3 Å². The van der Waals surface area contributed by atoms with Gasteiger partial charge in [-0.15, -0.1) is 0 Å². The quantitative estimate of drug-likeness (QED) is 0.880. The van der Waals surface area contributed by atoms with Crippen molar-refractivity contribution in [2.75, 3.05) is 11.9 Å². The number of para-hydroxylation sites is 1. The number of benzene rings is 1. The van der Waals surface area contributed by atoms with Gasteiger partial charge in [-0.25, -0.2) is 4.98 Å². The molecule has 2 aromatic rings. The van der Waals surface area contributed by atoms with Gasteiger partial charge in [-0.3, -0.25) is 4.79 Å². The molecular weight excluding hydrogens is 264 g/mol. The van der Waals surface area contributed by atoms with Gasteiger partial charge in [0, 0.05) is 24.5 Å². The fourth-order valence-electron chi connectivity index (χ4n) is 1.77. The smallest absolute Gasteiger partial charge is 0.270 e. The molecule has 0 radical (unpaired) electrons. The molecule has 1 heterocycles. The summed E-state index contributed by atoms with van der Waals surface area (Å²) >= 11 is 0. The highest BCUT2D eigenvalue weighted by molar-refractivity contribution is 5.92. The fourth-order valence-corrected chi connectivity index (χ4v) is 1.77. The Bertz CT molecular complexity index is 632. The average molecular weight is 280 g/mol. The Morgan fingerprint density at radius 1 is 1.29 bits per heavy atom. The monoisotopic (exact) mass is 280 g/mol. The van der Waals surface area contributed by atoms with Gasteiger partial charge >= 0.3 is 0 Å². The molecule has 1 aromatic heterocycles. The van der Waals surface area contributed by atoms with Gasteiger partial charge in [-0.2, -0.15) is 5.26 Å². The van der Waals surface area contributed by atoms with Crippen molar-refractivity contribution in [3.05, 3.63) is 59.9 Å². The standard InChI is InChI=1S/C16H16N4O/c1-12(10-18-14-5-3-2-4-6-14)20-16(21)15-8-7-13(9-17)11-19-15/h2-8,11-12,18H,10H2,1H3,(H,20,21). The highest BCUT2D eigenvalue weighted by atomic mass is 16.1. The van der Waals surface area contributed by atoms with Crippen LogP contribution in [0.4, 0.5) is 5.69 Å². The third-order valence-corrected chi connectivity index (χ3v) is 2.89. The van der Waals surface area contributed by atoms with Crippen LogP contribution in [0.3, 0.4) is 0 Å². The SMILES string of the molecule is CC(CNc1ccccc1)NC(=O)c1ccc(C#N)cn1. The normalized spacial score (nSPS) is 11.2. The molecule has 21 heavy (non-hydrogen) atoms. The Labute approximate surface area is 123 Å². The molecule has 0 spiro atoms. The average Bonchev–Trinajstić information content (AvgIpc) is 2.54. The molecule has 1 aromatic carbocycles. The second-order valence-corrected chi connectivity index (χ2v) is 4.67. The van der Waals surface area contributed by atoms with Gasteiger partial charge in [0.25, 0.3) is 5.91 Å². The number of aromatic nitrogens is 1. The molecule has 0 fully saturated rings. The lowest BCUT2D eigenvalue weighted by Gasteiger charge is -2.15. The molecule has 5 nitrogen and oxygen atoms in total. The van der Waals surface area contributed by atoms with E-state index in [1.165, 1.54) is 6.20 Å². The summed E-state index contributed by atoms with van der Waals surface area (Å²) in [6.07, 6.45) is 1.39. The van der Waals surface area contributed by atoms with E-state index in [1.807, 2.05) is 43.3 Å². The number of rotatable bonds is 5. The number of carbonyl (C=O) groups excluding carboxylic acids is 1. The molecular formula is C16H16N4O. The number of amides is 1. The molecule has 0 saturated heterocycles. The maximum Gasteiger partial charge on any atom is 0.270 e. The van der Waals surface area contributed by atoms with Crippen molar-refractivity contribution in [1.29, 1.82) is 5.26 Å². The molecule has 0 aliphatic heterocycles. The number of carbonyl (C=O) groups is 1. The molecule has 2 N–H and O–H groups in total. The topological polar surface area (TPSA) is 77.8 Å². The lowest BCUT2D eigenvalue weighted by molar-refractivity contribution is 0.0937. The largest absolute Gasteiger partial charge is 0.383 e. The predicted molar refractivity (Wildman–Crippen MR) is 80.8 cm³/mol. The summed E-state index contributed by atoms with van der Waals surface area (Å²) in [5.74, 6) is -0.248. The van der Waals surface area contributed by atoms with E-state index < -0.39 is 0 Å². The van der Waals surface area contributed by atoms with Crippen molar-refractivity contribution in [3.63, 3.8) is 0 Å². The Kier molecular flexibility index (Phi) is 4.89. The zero-order valence-electron chi connectivity index (χ0n) is 11.7.